The van der Waals surface area contributed by atoms with Crippen LogP contribution in [0.5, 0.6) is 5.75 Å². The summed E-state index contributed by atoms with van der Waals surface area (Å²) >= 11 is 0. The zero-order chi connectivity index (χ0) is 19.9. The number of benzene rings is 2. The van der Waals surface area contributed by atoms with Crippen molar-refractivity contribution in [3.8, 4) is 5.75 Å². The van der Waals surface area contributed by atoms with E-state index < -0.39 is 6.10 Å². The van der Waals surface area contributed by atoms with E-state index in [0.29, 0.717) is 17.9 Å². The summed E-state index contributed by atoms with van der Waals surface area (Å²) in [5.74, 6) is 0.564. The number of nitrogens with zero attached hydrogens (tertiary/aromatic N) is 1. The van der Waals surface area contributed by atoms with Crippen LogP contribution in [-0.4, -0.2) is 43.0 Å². The van der Waals surface area contributed by atoms with Crippen LogP contribution in [-0.2, 0) is 16.1 Å². The van der Waals surface area contributed by atoms with E-state index in [1.807, 2.05) is 29.2 Å². The molecule has 1 saturated heterocycles. The smallest absolute Gasteiger partial charge is 0.253 e. The number of carbonyl (C=O) groups is 2. The van der Waals surface area contributed by atoms with E-state index in [4.69, 9.17) is 9.47 Å². The van der Waals surface area contributed by atoms with E-state index >= 15 is 0 Å². The summed E-state index contributed by atoms with van der Waals surface area (Å²) in [4.78, 5) is 26.6. The molecule has 148 valence electrons. The van der Waals surface area contributed by atoms with E-state index in [1.54, 1.807) is 38.3 Å². The minimum absolute atomic E-state index is 0.0466. The molecule has 0 bridgehead atoms. The van der Waals surface area contributed by atoms with Crippen molar-refractivity contribution in [1.29, 1.82) is 0 Å². The molecule has 28 heavy (non-hydrogen) atoms. The number of anilines is 1. The van der Waals surface area contributed by atoms with Gasteiger partial charge in [0.1, 0.15) is 11.9 Å². The van der Waals surface area contributed by atoms with Gasteiger partial charge in [0.15, 0.2) is 0 Å². The molecule has 2 amide bonds. The Morgan fingerprint density at radius 3 is 2.50 bits per heavy atom. The highest BCUT2D eigenvalue weighted by molar-refractivity contribution is 5.96. The third-order valence-corrected chi connectivity index (χ3v) is 4.80. The maximum atomic E-state index is 12.4. The monoisotopic (exact) mass is 382 g/mol. The first-order valence-electron chi connectivity index (χ1n) is 9.51. The predicted octanol–water partition coefficient (Wildman–Crippen LogP) is 3.48. The lowest BCUT2D eigenvalue weighted by Crippen LogP contribution is -2.28. The van der Waals surface area contributed by atoms with Gasteiger partial charge in [0.05, 0.1) is 13.7 Å². The summed E-state index contributed by atoms with van der Waals surface area (Å²) in [7, 11) is 1.61. The van der Waals surface area contributed by atoms with Gasteiger partial charge in [-0.1, -0.05) is 12.1 Å². The van der Waals surface area contributed by atoms with E-state index in [2.05, 4.69) is 5.32 Å². The summed E-state index contributed by atoms with van der Waals surface area (Å²) in [5, 5.41) is 2.82. The fraction of sp³-hybridized carbons (Fsp3) is 0.364. The zero-order valence-corrected chi connectivity index (χ0v) is 16.3. The number of amides is 2. The molecular weight excluding hydrogens is 356 g/mol. The van der Waals surface area contributed by atoms with Crippen LogP contribution in [0.3, 0.4) is 0 Å². The molecule has 0 spiro atoms. The molecule has 6 heteroatoms. The van der Waals surface area contributed by atoms with E-state index in [9.17, 15) is 9.59 Å². The Bertz CT molecular complexity index is 814. The first-order chi connectivity index (χ1) is 13.6. The van der Waals surface area contributed by atoms with Crippen molar-refractivity contribution in [2.24, 2.45) is 0 Å². The summed E-state index contributed by atoms with van der Waals surface area (Å²) in [6.45, 7) is 3.66. The highest BCUT2D eigenvalue weighted by Crippen LogP contribution is 2.17. The molecule has 3 rings (SSSR count). The van der Waals surface area contributed by atoms with Gasteiger partial charge in [0.2, 0.25) is 0 Å². The van der Waals surface area contributed by atoms with Gasteiger partial charge in [0, 0.05) is 24.3 Å². The Balaban J connectivity index is 1.51. The molecule has 2 aromatic rings. The topological polar surface area (TPSA) is 67.9 Å². The lowest BCUT2D eigenvalue weighted by Gasteiger charge is -2.16. The number of ether oxygens (including phenoxy) is 2. The molecule has 1 atom stereocenters. The summed E-state index contributed by atoms with van der Waals surface area (Å²) < 4.78 is 10.8. The second kappa shape index (κ2) is 9.37. The van der Waals surface area contributed by atoms with Gasteiger partial charge in [-0.05, 0) is 61.7 Å². The average molecular weight is 382 g/mol. The van der Waals surface area contributed by atoms with Crippen LogP contribution in [0.25, 0.3) is 0 Å². The van der Waals surface area contributed by atoms with Crippen LogP contribution in [0.15, 0.2) is 48.5 Å². The Morgan fingerprint density at radius 1 is 1.11 bits per heavy atom. The first kappa shape index (κ1) is 19.9. The van der Waals surface area contributed by atoms with Crippen LogP contribution in [0.4, 0.5) is 5.69 Å². The van der Waals surface area contributed by atoms with Gasteiger partial charge >= 0.3 is 0 Å². The quantitative estimate of drug-likeness (QED) is 0.796. The molecule has 0 radical (unpaired) electrons. The largest absolute Gasteiger partial charge is 0.497 e. The Hall–Kier alpha value is -2.86. The van der Waals surface area contributed by atoms with E-state index in [1.165, 1.54) is 0 Å². The van der Waals surface area contributed by atoms with Crippen molar-refractivity contribution in [2.75, 3.05) is 25.5 Å². The van der Waals surface area contributed by atoms with Crippen LogP contribution < -0.4 is 10.1 Å². The second-order valence-electron chi connectivity index (χ2n) is 6.87. The third kappa shape index (κ3) is 5.10. The summed E-state index contributed by atoms with van der Waals surface area (Å²) in [5.41, 5.74) is 2.21. The maximum absolute atomic E-state index is 12.4. The second-order valence-corrected chi connectivity index (χ2v) is 6.87. The number of rotatable bonds is 7. The Morgan fingerprint density at radius 2 is 1.82 bits per heavy atom. The van der Waals surface area contributed by atoms with Gasteiger partial charge in [-0.2, -0.15) is 0 Å². The molecular formula is C22H26N2O4. The van der Waals surface area contributed by atoms with Crippen LogP contribution in [0, 0.1) is 0 Å². The third-order valence-electron chi connectivity index (χ3n) is 4.80. The van der Waals surface area contributed by atoms with E-state index in [-0.39, 0.29) is 11.8 Å². The minimum Gasteiger partial charge on any atom is -0.497 e. The van der Waals surface area contributed by atoms with Crippen molar-refractivity contribution < 1.29 is 19.1 Å². The molecule has 0 saturated carbocycles. The van der Waals surface area contributed by atoms with Crippen LogP contribution in [0.1, 0.15) is 35.7 Å². The number of likely N-dealkylation sites (tertiary alicyclic amines) is 1. The van der Waals surface area contributed by atoms with Crippen LogP contribution in [0.2, 0.25) is 0 Å². The number of hydrogen-bond donors (Lipinski definition) is 1. The molecule has 1 aliphatic heterocycles. The number of methoxy groups -OCH3 is 1. The summed E-state index contributed by atoms with van der Waals surface area (Å²) in [6.07, 6.45) is 1.51. The van der Waals surface area contributed by atoms with Crippen molar-refractivity contribution in [3.63, 3.8) is 0 Å². The van der Waals surface area contributed by atoms with Gasteiger partial charge < -0.3 is 19.7 Å². The van der Waals surface area contributed by atoms with Crippen molar-refractivity contribution in [2.45, 2.75) is 32.5 Å². The lowest BCUT2D eigenvalue weighted by molar-refractivity contribution is -0.127. The predicted molar refractivity (Wildman–Crippen MR) is 107 cm³/mol. The number of hydrogen-bond acceptors (Lipinski definition) is 4. The molecule has 0 aromatic heterocycles. The maximum Gasteiger partial charge on any atom is 0.253 e. The minimum atomic E-state index is -0.614. The molecule has 1 fully saturated rings. The van der Waals surface area contributed by atoms with Gasteiger partial charge in [-0.3, -0.25) is 9.59 Å². The fourth-order valence-corrected chi connectivity index (χ4v) is 3.10. The SMILES string of the molecule is COc1cccc(COC(C)C(=O)Nc2ccc(C(=O)N3CCCC3)cc2)c1. The molecule has 1 unspecified atom stereocenters. The standard InChI is InChI=1S/C22H26N2O4/c1-16(28-15-17-6-5-7-20(14-17)27-2)21(25)23-19-10-8-18(9-11-19)22(26)24-12-3-4-13-24/h5-11,14,16H,3-4,12-13,15H2,1-2H3,(H,23,25). The average Bonchev–Trinajstić information content (AvgIpc) is 3.27. The van der Waals surface area contributed by atoms with Crippen molar-refractivity contribution >= 4 is 17.5 Å². The molecule has 6 nitrogen and oxygen atoms in total. The normalized spacial score (nSPS) is 14.6. The highest BCUT2D eigenvalue weighted by Gasteiger charge is 2.19. The fourth-order valence-electron chi connectivity index (χ4n) is 3.10. The summed E-state index contributed by atoms with van der Waals surface area (Å²) in [6, 6.07) is 14.5. The molecule has 0 aliphatic carbocycles. The highest BCUT2D eigenvalue weighted by atomic mass is 16.5. The van der Waals surface area contributed by atoms with Crippen molar-refractivity contribution in [1.82, 2.24) is 4.90 Å². The number of nitrogens with one attached hydrogen (secondary N) is 1. The van der Waals surface area contributed by atoms with Crippen molar-refractivity contribution in [3.05, 3.63) is 59.7 Å². The molecule has 1 aliphatic rings. The Kier molecular flexibility index (Phi) is 6.66. The van der Waals surface area contributed by atoms with Crippen LogP contribution >= 0.6 is 0 Å². The van der Waals surface area contributed by atoms with Gasteiger partial charge in [-0.15, -0.1) is 0 Å². The lowest BCUT2D eigenvalue weighted by atomic mass is 10.2. The molecule has 1 heterocycles. The Labute approximate surface area is 165 Å². The molecule has 1 N–H and O–H groups in total. The van der Waals surface area contributed by atoms with E-state index in [0.717, 1.165) is 37.2 Å². The zero-order valence-electron chi connectivity index (χ0n) is 16.3. The first-order valence-corrected chi connectivity index (χ1v) is 9.51. The van der Waals surface area contributed by atoms with Gasteiger partial charge in [-0.25, -0.2) is 0 Å². The number of carbonyl (C=O) groups excluding carboxylic acids is 2. The molecule has 2 aromatic carbocycles. The van der Waals surface area contributed by atoms with Gasteiger partial charge in [0.25, 0.3) is 11.8 Å².